The Morgan fingerprint density at radius 1 is 1.11 bits per heavy atom. The molecule has 1 fully saturated rings. The van der Waals surface area contributed by atoms with Gasteiger partial charge in [0, 0.05) is 30.8 Å². The maximum Gasteiger partial charge on any atom is 0.234 e. The third kappa shape index (κ3) is 3.91. The lowest BCUT2D eigenvalue weighted by molar-refractivity contribution is -0.133. The van der Waals surface area contributed by atoms with Crippen LogP contribution in [0.25, 0.3) is 0 Å². The summed E-state index contributed by atoms with van der Waals surface area (Å²) >= 11 is 0. The van der Waals surface area contributed by atoms with Gasteiger partial charge in [-0.2, -0.15) is 0 Å². The maximum absolute atomic E-state index is 13.6. The van der Waals surface area contributed by atoms with E-state index < -0.39 is 15.9 Å². The Morgan fingerprint density at radius 3 is 2.32 bits per heavy atom. The quantitative estimate of drug-likeness (QED) is 0.856. The second-order valence-electron chi connectivity index (χ2n) is 7.52. The molecular formula is C21H24N2O4S. The van der Waals surface area contributed by atoms with E-state index in [1.807, 2.05) is 53.4 Å². The standard InChI is InChI=1S/C21H24N2O4S/c1-28(25,26)22-13-15-7-6-12-23(14-15)21(24)20-16-8-2-4-10-18(16)27-19-11-5-3-9-17(19)20/h2-5,8-11,15,20,22H,6-7,12-14H2,1H3. The van der Waals surface area contributed by atoms with Gasteiger partial charge in [-0.3, -0.25) is 4.79 Å². The predicted molar refractivity (Wildman–Crippen MR) is 107 cm³/mol. The van der Waals surface area contributed by atoms with Gasteiger partial charge in [-0.15, -0.1) is 0 Å². The van der Waals surface area contributed by atoms with Gasteiger partial charge in [-0.25, -0.2) is 13.1 Å². The summed E-state index contributed by atoms with van der Waals surface area (Å²) in [6.45, 7) is 1.61. The summed E-state index contributed by atoms with van der Waals surface area (Å²) in [5, 5.41) is 0. The number of hydrogen-bond acceptors (Lipinski definition) is 4. The second kappa shape index (κ2) is 7.56. The van der Waals surface area contributed by atoms with Gasteiger partial charge < -0.3 is 9.64 Å². The number of para-hydroxylation sites is 2. The molecule has 2 aliphatic rings. The summed E-state index contributed by atoms with van der Waals surface area (Å²) in [6.07, 6.45) is 2.94. The molecule has 0 saturated carbocycles. The first-order chi connectivity index (χ1) is 13.4. The fourth-order valence-electron chi connectivity index (χ4n) is 4.06. The highest BCUT2D eigenvalue weighted by molar-refractivity contribution is 7.88. The number of rotatable bonds is 4. The lowest BCUT2D eigenvalue weighted by Gasteiger charge is -2.37. The van der Waals surface area contributed by atoms with Gasteiger partial charge in [0.05, 0.1) is 12.2 Å². The first-order valence-corrected chi connectivity index (χ1v) is 11.4. The predicted octanol–water partition coefficient (Wildman–Crippen LogP) is 2.71. The zero-order valence-corrected chi connectivity index (χ0v) is 16.6. The molecule has 0 bridgehead atoms. The van der Waals surface area contributed by atoms with Crippen LogP contribution in [0.3, 0.4) is 0 Å². The summed E-state index contributed by atoms with van der Waals surface area (Å²) in [4.78, 5) is 15.4. The smallest absolute Gasteiger partial charge is 0.234 e. The molecule has 2 aliphatic heterocycles. The SMILES string of the molecule is CS(=O)(=O)NCC1CCCN(C(=O)C2c3ccccc3Oc3ccccc32)C1. The lowest BCUT2D eigenvalue weighted by atomic mass is 9.86. The monoisotopic (exact) mass is 400 g/mol. The highest BCUT2D eigenvalue weighted by atomic mass is 32.2. The molecule has 2 aromatic carbocycles. The largest absolute Gasteiger partial charge is 0.457 e. The number of hydrogen-bond donors (Lipinski definition) is 1. The van der Waals surface area contributed by atoms with Gasteiger partial charge in [0.25, 0.3) is 0 Å². The molecule has 1 atom stereocenters. The van der Waals surface area contributed by atoms with Crippen molar-refractivity contribution < 1.29 is 17.9 Å². The molecule has 148 valence electrons. The maximum atomic E-state index is 13.6. The highest BCUT2D eigenvalue weighted by Gasteiger charge is 2.36. The molecule has 0 aliphatic carbocycles. The molecule has 1 N–H and O–H groups in total. The van der Waals surface area contributed by atoms with E-state index in [4.69, 9.17) is 4.74 Å². The van der Waals surface area contributed by atoms with Gasteiger partial charge in [0.1, 0.15) is 11.5 Å². The first kappa shape index (κ1) is 19.0. The summed E-state index contributed by atoms with van der Waals surface area (Å²) in [7, 11) is -3.23. The lowest BCUT2D eigenvalue weighted by Crippen LogP contribution is -2.45. The van der Waals surface area contributed by atoms with E-state index in [0.717, 1.165) is 30.2 Å². The van der Waals surface area contributed by atoms with Gasteiger partial charge in [-0.1, -0.05) is 36.4 Å². The zero-order valence-electron chi connectivity index (χ0n) is 15.8. The Labute approximate surface area is 165 Å². The van der Waals surface area contributed by atoms with Crippen LogP contribution in [0.5, 0.6) is 11.5 Å². The minimum atomic E-state index is -3.23. The number of nitrogens with zero attached hydrogens (tertiary/aromatic N) is 1. The Morgan fingerprint density at radius 2 is 1.71 bits per heavy atom. The van der Waals surface area contributed by atoms with E-state index >= 15 is 0 Å². The number of carbonyl (C=O) groups is 1. The molecule has 6 nitrogen and oxygen atoms in total. The molecule has 0 aromatic heterocycles. The summed E-state index contributed by atoms with van der Waals surface area (Å²) < 4.78 is 31.4. The van der Waals surface area contributed by atoms with Crippen LogP contribution in [0.2, 0.25) is 0 Å². The molecule has 2 aromatic rings. The van der Waals surface area contributed by atoms with Crippen molar-refractivity contribution in [2.45, 2.75) is 18.8 Å². The van der Waals surface area contributed by atoms with Crippen LogP contribution in [0.4, 0.5) is 0 Å². The van der Waals surface area contributed by atoms with Crippen molar-refractivity contribution in [3.8, 4) is 11.5 Å². The molecule has 1 unspecified atom stereocenters. The number of likely N-dealkylation sites (tertiary alicyclic amines) is 1. The van der Waals surface area contributed by atoms with E-state index in [0.29, 0.717) is 31.1 Å². The summed E-state index contributed by atoms with van der Waals surface area (Å²) in [5.41, 5.74) is 1.75. The van der Waals surface area contributed by atoms with Crippen molar-refractivity contribution in [2.75, 3.05) is 25.9 Å². The highest BCUT2D eigenvalue weighted by Crippen LogP contribution is 2.44. The van der Waals surface area contributed by atoms with Crippen LogP contribution in [0, 0.1) is 5.92 Å². The normalized spacial score (nSPS) is 19.5. The van der Waals surface area contributed by atoms with Crippen LogP contribution in [-0.2, 0) is 14.8 Å². The Balaban J connectivity index is 1.59. The van der Waals surface area contributed by atoms with Gasteiger partial charge >= 0.3 is 0 Å². The van der Waals surface area contributed by atoms with Crippen LogP contribution in [0.1, 0.15) is 29.9 Å². The average molecular weight is 401 g/mol. The van der Waals surface area contributed by atoms with E-state index in [9.17, 15) is 13.2 Å². The van der Waals surface area contributed by atoms with Gasteiger partial charge in [0.15, 0.2) is 0 Å². The number of nitrogens with one attached hydrogen (secondary N) is 1. The Hall–Kier alpha value is -2.38. The van der Waals surface area contributed by atoms with Crippen molar-refractivity contribution in [1.82, 2.24) is 9.62 Å². The number of fused-ring (bicyclic) bond motifs is 2. The third-order valence-corrected chi connectivity index (χ3v) is 6.08. The minimum absolute atomic E-state index is 0.0484. The molecule has 1 amide bonds. The van der Waals surface area contributed by atoms with Gasteiger partial charge in [-0.05, 0) is 30.9 Å². The van der Waals surface area contributed by atoms with Crippen molar-refractivity contribution >= 4 is 15.9 Å². The molecule has 0 radical (unpaired) electrons. The van der Waals surface area contributed by atoms with E-state index in [1.54, 1.807) is 0 Å². The van der Waals surface area contributed by atoms with E-state index in [1.165, 1.54) is 0 Å². The molecule has 4 rings (SSSR count). The van der Waals surface area contributed by atoms with Crippen molar-refractivity contribution in [2.24, 2.45) is 5.92 Å². The third-order valence-electron chi connectivity index (χ3n) is 5.39. The number of amides is 1. The van der Waals surface area contributed by atoms with Crippen molar-refractivity contribution in [3.05, 3.63) is 59.7 Å². The van der Waals surface area contributed by atoms with E-state index in [-0.39, 0.29) is 11.8 Å². The second-order valence-corrected chi connectivity index (χ2v) is 9.36. The fraction of sp³-hybridized carbons (Fsp3) is 0.381. The number of sulfonamides is 1. The fourth-order valence-corrected chi connectivity index (χ4v) is 4.60. The molecule has 1 saturated heterocycles. The summed E-state index contributed by atoms with van der Waals surface area (Å²) in [6, 6.07) is 15.3. The van der Waals surface area contributed by atoms with Crippen molar-refractivity contribution in [3.63, 3.8) is 0 Å². The number of benzene rings is 2. The Bertz CT molecular complexity index is 944. The van der Waals surface area contributed by atoms with Crippen LogP contribution < -0.4 is 9.46 Å². The molecule has 2 heterocycles. The van der Waals surface area contributed by atoms with Crippen LogP contribution in [0.15, 0.2) is 48.5 Å². The number of piperidine rings is 1. The average Bonchev–Trinajstić information content (AvgIpc) is 2.69. The topological polar surface area (TPSA) is 75.7 Å². The first-order valence-electron chi connectivity index (χ1n) is 9.51. The van der Waals surface area contributed by atoms with E-state index in [2.05, 4.69) is 4.72 Å². The molecule has 0 spiro atoms. The minimum Gasteiger partial charge on any atom is -0.457 e. The van der Waals surface area contributed by atoms with Crippen LogP contribution in [-0.4, -0.2) is 45.1 Å². The molecular weight excluding hydrogens is 376 g/mol. The number of ether oxygens (including phenoxy) is 1. The Kier molecular flexibility index (Phi) is 5.12. The zero-order chi connectivity index (χ0) is 19.7. The molecule has 28 heavy (non-hydrogen) atoms. The number of carbonyl (C=O) groups excluding carboxylic acids is 1. The van der Waals surface area contributed by atoms with Crippen molar-refractivity contribution in [1.29, 1.82) is 0 Å². The van der Waals surface area contributed by atoms with Gasteiger partial charge in [0.2, 0.25) is 15.9 Å². The summed E-state index contributed by atoms with van der Waals surface area (Å²) in [5.74, 6) is 1.20. The van der Waals surface area contributed by atoms with Crippen LogP contribution >= 0.6 is 0 Å². The molecule has 7 heteroatoms.